The Morgan fingerprint density at radius 3 is 2.74 bits per heavy atom. The van der Waals surface area contributed by atoms with Gasteiger partial charge in [-0.2, -0.15) is 4.39 Å². The summed E-state index contributed by atoms with van der Waals surface area (Å²) in [5.41, 5.74) is 0.341. The number of morpholine rings is 1. The van der Waals surface area contributed by atoms with Gasteiger partial charge in [-0.25, -0.2) is 0 Å². The first-order chi connectivity index (χ1) is 9.16. The maximum atomic E-state index is 13.4. The molecular weight excluding hydrogens is 251 g/mol. The zero-order chi connectivity index (χ0) is 13.7. The third kappa shape index (κ3) is 3.97. The minimum Gasteiger partial charge on any atom is -0.379 e. The van der Waals surface area contributed by atoms with Gasteiger partial charge in [-0.15, -0.1) is 0 Å². The number of halogens is 1. The van der Waals surface area contributed by atoms with Crippen LogP contribution in [-0.4, -0.2) is 42.7 Å². The lowest BCUT2D eigenvalue weighted by atomic mass is 10.1. The van der Waals surface area contributed by atoms with Gasteiger partial charge in [0.15, 0.2) is 0 Å². The SMILES string of the molecule is O=[N+]([O-])c1ccc(CCCN2CCOCC2)cc1F. The molecule has 1 saturated heterocycles. The predicted molar refractivity (Wildman–Crippen MR) is 68.6 cm³/mol. The Morgan fingerprint density at radius 1 is 1.37 bits per heavy atom. The number of nitro benzene ring substituents is 1. The largest absolute Gasteiger partial charge is 0.379 e. The summed E-state index contributed by atoms with van der Waals surface area (Å²) in [5.74, 6) is -0.756. The van der Waals surface area contributed by atoms with E-state index in [1.165, 1.54) is 12.1 Å². The van der Waals surface area contributed by atoms with Crippen LogP contribution in [0.1, 0.15) is 12.0 Å². The average molecular weight is 268 g/mol. The molecule has 0 spiro atoms. The van der Waals surface area contributed by atoms with E-state index in [-0.39, 0.29) is 0 Å². The van der Waals surface area contributed by atoms with Gasteiger partial charge in [0.1, 0.15) is 0 Å². The van der Waals surface area contributed by atoms with Gasteiger partial charge in [0.05, 0.1) is 18.1 Å². The molecule has 104 valence electrons. The Kier molecular flexibility index (Phi) is 4.81. The number of hydrogen-bond acceptors (Lipinski definition) is 4. The number of hydrogen-bond donors (Lipinski definition) is 0. The Balaban J connectivity index is 1.82. The molecule has 0 bridgehead atoms. The molecule has 0 aliphatic carbocycles. The molecule has 0 aromatic heterocycles. The third-order valence-corrected chi connectivity index (χ3v) is 3.25. The van der Waals surface area contributed by atoms with Crippen LogP contribution in [0, 0.1) is 15.9 Å². The van der Waals surface area contributed by atoms with Crippen LogP contribution in [0.5, 0.6) is 0 Å². The van der Waals surface area contributed by atoms with Gasteiger partial charge >= 0.3 is 5.69 Å². The van der Waals surface area contributed by atoms with E-state index in [1.54, 1.807) is 6.07 Å². The fourth-order valence-electron chi connectivity index (χ4n) is 2.19. The lowest BCUT2D eigenvalue weighted by molar-refractivity contribution is -0.387. The molecule has 0 radical (unpaired) electrons. The number of rotatable bonds is 5. The standard InChI is InChI=1S/C13H17FN2O3/c14-12-10-11(3-4-13(12)16(17)18)2-1-5-15-6-8-19-9-7-15/h3-4,10H,1-2,5-9H2. The van der Waals surface area contributed by atoms with Gasteiger partial charge in [-0.3, -0.25) is 15.0 Å². The molecule has 1 aliphatic rings. The third-order valence-electron chi connectivity index (χ3n) is 3.25. The molecule has 1 aliphatic heterocycles. The molecule has 1 fully saturated rings. The highest BCUT2D eigenvalue weighted by Crippen LogP contribution is 2.18. The van der Waals surface area contributed by atoms with Gasteiger partial charge < -0.3 is 4.74 Å². The van der Waals surface area contributed by atoms with Gasteiger partial charge in [0.2, 0.25) is 5.82 Å². The number of nitro groups is 1. The molecule has 5 nitrogen and oxygen atoms in total. The van der Waals surface area contributed by atoms with Crippen LogP contribution >= 0.6 is 0 Å². The first-order valence-electron chi connectivity index (χ1n) is 6.40. The molecule has 6 heteroatoms. The maximum Gasteiger partial charge on any atom is 0.304 e. The van der Waals surface area contributed by atoms with E-state index >= 15 is 0 Å². The van der Waals surface area contributed by atoms with Crippen LogP contribution in [-0.2, 0) is 11.2 Å². The summed E-state index contributed by atoms with van der Waals surface area (Å²) in [7, 11) is 0. The van der Waals surface area contributed by atoms with Crippen molar-refractivity contribution < 1.29 is 14.1 Å². The predicted octanol–water partition coefficient (Wildman–Crippen LogP) is 2.00. The molecule has 1 heterocycles. The van der Waals surface area contributed by atoms with Crippen LogP contribution < -0.4 is 0 Å². The van der Waals surface area contributed by atoms with Crippen molar-refractivity contribution in [1.82, 2.24) is 4.90 Å². The number of benzene rings is 1. The van der Waals surface area contributed by atoms with Crippen LogP contribution in [0.3, 0.4) is 0 Å². The Hall–Kier alpha value is -1.53. The van der Waals surface area contributed by atoms with Crippen LogP contribution in [0.4, 0.5) is 10.1 Å². The highest BCUT2D eigenvalue weighted by Gasteiger charge is 2.14. The smallest absolute Gasteiger partial charge is 0.304 e. The summed E-state index contributed by atoms with van der Waals surface area (Å²) in [6.07, 6.45) is 1.64. The van der Waals surface area contributed by atoms with E-state index < -0.39 is 16.4 Å². The highest BCUT2D eigenvalue weighted by atomic mass is 19.1. The molecule has 0 N–H and O–H groups in total. The molecule has 0 unspecified atom stereocenters. The number of aryl methyl sites for hydroxylation is 1. The van der Waals surface area contributed by atoms with Gasteiger partial charge in [0, 0.05) is 19.2 Å². The fraction of sp³-hybridized carbons (Fsp3) is 0.538. The Labute approximate surface area is 111 Å². The second-order valence-corrected chi connectivity index (χ2v) is 4.60. The van der Waals surface area contributed by atoms with Crippen molar-refractivity contribution in [1.29, 1.82) is 0 Å². The zero-order valence-electron chi connectivity index (χ0n) is 10.7. The van der Waals surface area contributed by atoms with Crippen molar-refractivity contribution >= 4 is 5.69 Å². The van der Waals surface area contributed by atoms with E-state index in [9.17, 15) is 14.5 Å². The lowest BCUT2D eigenvalue weighted by Crippen LogP contribution is -2.36. The Bertz CT molecular complexity index is 448. The monoisotopic (exact) mass is 268 g/mol. The molecule has 0 atom stereocenters. The quantitative estimate of drug-likeness (QED) is 0.605. The first kappa shape index (κ1) is 13.9. The van der Waals surface area contributed by atoms with Crippen LogP contribution in [0.15, 0.2) is 18.2 Å². The maximum absolute atomic E-state index is 13.4. The minimum absolute atomic E-state index is 0.461. The molecule has 2 rings (SSSR count). The summed E-state index contributed by atoms with van der Waals surface area (Å²) in [6, 6.07) is 4.12. The van der Waals surface area contributed by atoms with E-state index in [0.29, 0.717) is 0 Å². The molecule has 19 heavy (non-hydrogen) atoms. The minimum atomic E-state index is -0.756. The first-order valence-corrected chi connectivity index (χ1v) is 6.40. The zero-order valence-corrected chi connectivity index (χ0v) is 10.7. The average Bonchev–Trinajstić information content (AvgIpc) is 2.39. The summed E-state index contributed by atoms with van der Waals surface area (Å²) in [4.78, 5) is 12.1. The Morgan fingerprint density at radius 2 is 2.11 bits per heavy atom. The van der Waals surface area contributed by atoms with Crippen LogP contribution in [0.2, 0.25) is 0 Å². The van der Waals surface area contributed by atoms with Gasteiger partial charge in [-0.05, 0) is 31.0 Å². The lowest BCUT2D eigenvalue weighted by Gasteiger charge is -2.26. The number of ether oxygens (including phenoxy) is 1. The molecule has 0 saturated carbocycles. The van der Waals surface area contributed by atoms with Gasteiger partial charge in [0.25, 0.3) is 0 Å². The van der Waals surface area contributed by atoms with Crippen molar-refractivity contribution in [3.05, 3.63) is 39.7 Å². The van der Waals surface area contributed by atoms with Crippen molar-refractivity contribution in [2.45, 2.75) is 12.8 Å². The van der Waals surface area contributed by atoms with E-state index in [0.717, 1.165) is 51.3 Å². The van der Waals surface area contributed by atoms with E-state index in [4.69, 9.17) is 4.74 Å². The van der Waals surface area contributed by atoms with Crippen molar-refractivity contribution in [2.75, 3.05) is 32.8 Å². The van der Waals surface area contributed by atoms with Crippen molar-refractivity contribution in [3.8, 4) is 0 Å². The second kappa shape index (κ2) is 6.58. The summed E-state index contributed by atoms with van der Waals surface area (Å²) in [5, 5.41) is 10.5. The van der Waals surface area contributed by atoms with Crippen molar-refractivity contribution in [3.63, 3.8) is 0 Å². The van der Waals surface area contributed by atoms with Crippen LogP contribution in [0.25, 0.3) is 0 Å². The van der Waals surface area contributed by atoms with E-state index in [2.05, 4.69) is 4.90 Å². The normalized spacial score (nSPS) is 16.5. The summed E-state index contributed by atoms with van der Waals surface area (Å²) >= 11 is 0. The summed E-state index contributed by atoms with van der Waals surface area (Å²) < 4.78 is 18.7. The van der Waals surface area contributed by atoms with E-state index in [1.807, 2.05) is 0 Å². The molecule has 0 amide bonds. The van der Waals surface area contributed by atoms with Gasteiger partial charge in [-0.1, -0.05) is 6.07 Å². The topological polar surface area (TPSA) is 55.6 Å². The number of nitrogens with zero attached hydrogens (tertiary/aromatic N) is 2. The van der Waals surface area contributed by atoms with Crippen molar-refractivity contribution in [2.24, 2.45) is 0 Å². The highest BCUT2D eigenvalue weighted by molar-refractivity contribution is 5.35. The fourth-order valence-corrected chi connectivity index (χ4v) is 2.19. The molecular formula is C13H17FN2O3. The molecule has 1 aromatic carbocycles. The molecule has 1 aromatic rings. The summed E-state index contributed by atoms with van der Waals surface area (Å²) in [6.45, 7) is 4.36. The second-order valence-electron chi connectivity index (χ2n) is 4.60.